The van der Waals surface area contributed by atoms with E-state index in [4.69, 9.17) is 10.2 Å². The Morgan fingerprint density at radius 3 is 1.68 bits per heavy atom. The fraction of sp³-hybridized carbons (Fsp3) is 0.200. The van der Waals surface area contributed by atoms with Crippen LogP contribution in [0.2, 0.25) is 0 Å². The van der Waals surface area contributed by atoms with Crippen molar-refractivity contribution in [1.29, 1.82) is 0 Å². The third-order valence-corrected chi connectivity index (χ3v) is 2.26. The molecule has 0 unspecified atom stereocenters. The monoisotopic (exact) mass is 300 g/mol. The summed E-state index contributed by atoms with van der Waals surface area (Å²) in [6.07, 6.45) is 0.993. The third kappa shape index (κ3) is 9.62. The average Bonchev–Trinajstić information content (AvgIpc) is 2.29. The molecule has 0 bridgehead atoms. The summed E-state index contributed by atoms with van der Waals surface area (Å²) in [5.41, 5.74) is -0.0372. The van der Waals surface area contributed by atoms with Gasteiger partial charge in [0, 0.05) is 0 Å². The third-order valence-electron chi connectivity index (χ3n) is 1.66. The van der Waals surface area contributed by atoms with Crippen molar-refractivity contribution in [1.82, 2.24) is 0 Å². The van der Waals surface area contributed by atoms with Gasteiger partial charge in [0.05, 0.1) is 24.5 Å². The quantitative estimate of drug-likeness (QED) is 0.480. The standard InChI is InChI=1S/C8H6O4.C2H6O3S.Na.H/c9-7(10)5-2-1-3-6(4-5)8(11)12;1-5-6(2,3)4;;/h1-4H,(H,9,10)(H,11,12);1-2H3;;/q;;+1;-1. The predicted octanol–water partition coefficient (Wildman–Crippen LogP) is -2.21. The molecule has 0 aromatic heterocycles. The van der Waals surface area contributed by atoms with E-state index >= 15 is 0 Å². The zero-order valence-electron chi connectivity index (χ0n) is 11.7. The molecule has 0 atom stereocenters. The smallest absolute Gasteiger partial charge is 1.00 e. The molecule has 0 amide bonds. The zero-order valence-corrected chi connectivity index (χ0v) is 13.5. The van der Waals surface area contributed by atoms with Gasteiger partial charge >= 0.3 is 41.5 Å². The number of aromatic carboxylic acids is 2. The Morgan fingerprint density at radius 2 is 1.47 bits per heavy atom. The van der Waals surface area contributed by atoms with Crippen molar-refractivity contribution in [3.05, 3.63) is 35.4 Å². The SMILES string of the molecule is COS(C)(=O)=O.O=C(O)c1cccc(C(=O)O)c1.[H-].[Na+]. The van der Waals surface area contributed by atoms with E-state index in [2.05, 4.69) is 4.18 Å². The van der Waals surface area contributed by atoms with E-state index in [1.807, 2.05) is 0 Å². The Balaban J connectivity index is -0.000000316. The van der Waals surface area contributed by atoms with Gasteiger partial charge in [-0.3, -0.25) is 4.18 Å². The van der Waals surface area contributed by atoms with Crippen molar-refractivity contribution >= 4 is 22.1 Å². The number of carbonyl (C=O) groups is 2. The van der Waals surface area contributed by atoms with E-state index in [0.29, 0.717) is 0 Å². The molecule has 1 rings (SSSR count). The molecule has 1 aromatic carbocycles. The van der Waals surface area contributed by atoms with Crippen LogP contribution in [0.1, 0.15) is 22.1 Å². The van der Waals surface area contributed by atoms with E-state index in [0.717, 1.165) is 19.4 Å². The molecule has 0 fully saturated rings. The van der Waals surface area contributed by atoms with Crippen LogP contribution < -0.4 is 29.6 Å². The van der Waals surface area contributed by atoms with Gasteiger partial charge in [-0.1, -0.05) is 6.07 Å². The molecular formula is C10H13NaO7S. The molecule has 0 aliphatic rings. The van der Waals surface area contributed by atoms with E-state index in [9.17, 15) is 18.0 Å². The number of rotatable bonds is 3. The maximum atomic E-state index is 10.4. The van der Waals surface area contributed by atoms with Crippen LogP contribution in [0.5, 0.6) is 0 Å². The van der Waals surface area contributed by atoms with Gasteiger partial charge in [-0.15, -0.1) is 0 Å². The Bertz CT molecular complexity index is 515. The van der Waals surface area contributed by atoms with Crippen molar-refractivity contribution in [3.63, 3.8) is 0 Å². The predicted molar refractivity (Wildman–Crippen MR) is 63.3 cm³/mol. The van der Waals surface area contributed by atoms with Gasteiger partial charge in [0.2, 0.25) is 0 Å². The summed E-state index contributed by atoms with van der Waals surface area (Å²) in [4.78, 5) is 20.8. The number of carboxylic acid groups (broad SMARTS) is 2. The molecule has 0 aliphatic carbocycles. The van der Waals surface area contributed by atoms with E-state index in [1.54, 1.807) is 0 Å². The average molecular weight is 300 g/mol. The van der Waals surface area contributed by atoms with Crippen LogP contribution in [-0.4, -0.2) is 43.9 Å². The summed E-state index contributed by atoms with van der Waals surface area (Å²) < 4.78 is 23.5. The van der Waals surface area contributed by atoms with E-state index in [-0.39, 0.29) is 42.1 Å². The molecule has 9 heteroatoms. The molecule has 0 saturated carbocycles. The molecule has 102 valence electrons. The molecule has 0 aliphatic heterocycles. The second kappa shape index (κ2) is 9.05. The minimum atomic E-state index is -3.16. The van der Waals surface area contributed by atoms with Crippen LogP contribution in [0.15, 0.2) is 24.3 Å². The first-order valence-electron chi connectivity index (χ1n) is 4.49. The van der Waals surface area contributed by atoms with Crippen molar-refractivity contribution in [3.8, 4) is 0 Å². The Hall–Kier alpha value is -0.930. The van der Waals surface area contributed by atoms with Crippen molar-refractivity contribution in [2.24, 2.45) is 0 Å². The summed E-state index contributed by atoms with van der Waals surface area (Å²) in [5, 5.41) is 17.0. The first-order valence-corrected chi connectivity index (χ1v) is 6.31. The maximum Gasteiger partial charge on any atom is 1.00 e. The van der Waals surface area contributed by atoms with Gasteiger partial charge < -0.3 is 11.6 Å². The first-order chi connectivity index (χ1) is 8.17. The van der Waals surface area contributed by atoms with Crippen molar-refractivity contribution in [2.75, 3.05) is 13.4 Å². The summed E-state index contributed by atoms with van der Waals surface area (Å²) in [7, 11) is -2.04. The van der Waals surface area contributed by atoms with Gasteiger partial charge in [0.15, 0.2) is 0 Å². The minimum absolute atomic E-state index is 0. The van der Waals surface area contributed by atoms with Crippen LogP contribution in [0.25, 0.3) is 0 Å². The maximum absolute atomic E-state index is 10.4. The fourth-order valence-electron chi connectivity index (χ4n) is 0.785. The fourth-order valence-corrected chi connectivity index (χ4v) is 0.785. The summed E-state index contributed by atoms with van der Waals surface area (Å²) >= 11 is 0. The topological polar surface area (TPSA) is 118 Å². The zero-order chi connectivity index (χ0) is 14.3. The molecule has 0 saturated heterocycles. The van der Waals surface area contributed by atoms with Gasteiger partial charge in [-0.2, -0.15) is 8.42 Å². The normalized spacial score (nSPS) is 9.58. The molecular weight excluding hydrogens is 287 g/mol. The van der Waals surface area contributed by atoms with E-state index in [1.165, 1.54) is 18.2 Å². The second-order valence-electron chi connectivity index (χ2n) is 3.06. The van der Waals surface area contributed by atoms with Crippen LogP contribution in [0.4, 0.5) is 0 Å². The first kappa shape index (κ1) is 20.4. The van der Waals surface area contributed by atoms with Gasteiger partial charge in [0.1, 0.15) is 0 Å². The molecule has 2 N–H and O–H groups in total. The summed E-state index contributed by atoms with van der Waals surface area (Å²) in [6.45, 7) is 0. The minimum Gasteiger partial charge on any atom is -1.00 e. The number of hydrogen-bond acceptors (Lipinski definition) is 5. The Kier molecular flexibility index (Phi) is 9.71. The molecule has 19 heavy (non-hydrogen) atoms. The van der Waals surface area contributed by atoms with Gasteiger partial charge in [-0.25, -0.2) is 9.59 Å². The number of carboxylic acids is 2. The van der Waals surface area contributed by atoms with Gasteiger partial charge in [0.25, 0.3) is 10.1 Å². The molecule has 0 radical (unpaired) electrons. The molecule has 0 spiro atoms. The van der Waals surface area contributed by atoms with Crippen molar-refractivity contribution < 1.29 is 63.4 Å². The Morgan fingerprint density at radius 1 is 1.16 bits per heavy atom. The van der Waals surface area contributed by atoms with E-state index < -0.39 is 22.1 Å². The van der Waals surface area contributed by atoms with Gasteiger partial charge in [-0.05, 0) is 18.2 Å². The molecule has 0 heterocycles. The summed E-state index contributed by atoms with van der Waals surface area (Å²) in [6, 6.07) is 5.20. The van der Waals surface area contributed by atoms with Crippen LogP contribution in [0, 0.1) is 0 Å². The van der Waals surface area contributed by atoms with Crippen LogP contribution in [-0.2, 0) is 14.3 Å². The largest absolute Gasteiger partial charge is 1.00 e. The number of hydrogen-bond donors (Lipinski definition) is 2. The molecule has 1 aromatic rings. The van der Waals surface area contributed by atoms with Crippen LogP contribution in [0.3, 0.4) is 0 Å². The molecule has 7 nitrogen and oxygen atoms in total. The van der Waals surface area contributed by atoms with Crippen molar-refractivity contribution in [2.45, 2.75) is 0 Å². The van der Waals surface area contributed by atoms with Crippen LogP contribution >= 0.6 is 0 Å². The second-order valence-corrected chi connectivity index (χ2v) is 4.80. The summed E-state index contributed by atoms with van der Waals surface area (Å²) in [5.74, 6) is -2.25. The number of benzene rings is 1. The Labute approximate surface area is 134 Å².